The molecule has 1 heterocycles. The van der Waals surface area contributed by atoms with E-state index >= 15 is 0 Å². The van der Waals surface area contributed by atoms with Crippen molar-refractivity contribution >= 4 is 15.9 Å². The molecule has 0 radical (unpaired) electrons. The number of piperazine rings is 1. The molecule has 3 nitrogen and oxygen atoms in total. The first-order valence-corrected chi connectivity index (χ1v) is 7.43. The maximum atomic E-state index is 13.5. The fourth-order valence-electron chi connectivity index (χ4n) is 2.13. The highest BCUT2D eigenvalue weighted by molar-refractivity contribution is 9.10. The predicted molar refractivity (Wildman–Crippen MR) is 78.1 cm³/mol. The summed E-state index contributed by atoms with van der Waals surface area (Å²) in [5.41, 5.74) is 0. The highest BCUT2D eigenvalue weighted by Crippen LogP contribution is 2.21. The summed E-state index contributed by atoms with van der Waals surface area (Å²) < 4.78 is 19.7. The lowest BCUT2D eigenvalue weighted by Gasteiger charge is -2.32. The summed E-state index contributed by atoms with van der Waals surface area (Å²) in [7, 11) is 2.15. The van der Waals surface area contributed by atoms with Gasteiger partial charge in [-0.05, 0) is 31.7 Å². The first-order valence-electron chi connectivity index (χ1n) is 6.64. The van der Waals surface area contributed by atoms with Gasteiger partial charge in [-0.15, -0.1) is 0 Å². The second kappa shape index (κ2) is 7.22. The Hall–Kier alpha value is -0.650. The van der Waals surface area contributed by atoms with Crippen molar-refractivity contribution in [2.45, 2.75) is 6.42 Å². The molecule has 106 valence electrons. The van der Waals surface area contributed by atoms with Crippen LogP contribution >= 0.6 is 15.9 Å². The van der Waals surface area contributed by atoms with Crippen LogP contribution in [0.25, 0.3) is 0 Å². The number of likely N-dealkylation sites (N-methyl/N-ethyl adjacent to an activating group) is 1. The summed E-state index contributed by atoms with van der Waals surface area (Å²) in [6, 6.07) is 4.88. The lowest BCUT2D eigenvalue weighted by Crippen LogP contribution is -2.44. The molecule has 1 aromatic rings. The molecule has 1 aliphatic rings. The van der Waals surface area contributed by atoms with Gasteiger partial charge in [0, 0.05) is 37.2 Å². The standard InChI is InChI=1S/C14H20BrFN2O/c1-17-6-8-18(9-7-17)5-2-10-19-14-4-3-12(15)11-13(14)16/h3-4,11H,2,5-10H2,1H3. The molecule has 0 amide bonds. The Labute approximate surface area is 122 Å². The normalized spacial score (nSPS) is 17.6. The molecule has 19 heavy (non-hydrogen) atoms. The zero-order valence-electron chi connectivity index (χ0n) is 11.2. The summed E-state index contributed by atoms with van der Waals surface area (Å²) in [5.74, 6) is 0.0237. The minimum atomic E-state index is -0.311. The van der Waals surface area contributed by atoms with Crippen LogP contribution in [0.5, 0.6) is 5.75 Å². The van der Waals surface area contributed by atoms with Gasteiger partial charge in [0.2, 0.25) is 0 Å². The Morgan fingerprint density at radius 2 is 2.00 bits per heavy atom. The maximum absolute atomic E-state index is 13.5. The molecule has 0 unspecified atom stereocenters. The number of nitrogens with zero attached hydrogens (tertiary/aromatic N) is 2. The Morgan fingerprint density at radius 3 is 2.68 bits per heavy atom. The average Bonchev–Trinajstić information content (AvgIpc) is 2.39. The largest absolute Gasteiger partial charge is 0.490 e. The van der Waals surface area contributed by atoms with Crippen LogP contribution in [0.4, 0.5) is 4.39 Å². The number of ether oxygens (including phenoxy) is 1. The van der Waals surface area contributed by atoms with Crippen LogP contribution in [0.2, 0.25) is 0 Å². The van der Waals surface area contributed by atoms with Gasteiger partial charge >= 0.3 is 0 Å². The number of hydrogen-bond acceptors (Lipinski definition) is 3. The van der Waals surface area contributed by atoms with Gasteiger partial charge in [0.1, 0.15) is 0 Å². The van der Waals surface area contributed by atoms with Gasteiger partial charge in [0.25, 0.3) is 0 Å². The van der Waals surface area contributed by atoms with Gasteiger partial charge in [-0.3, -0.25) is 0 Å². The van der Waals surface area contributed by atoms with Crippen LogP contribution in [0, 0.1) is 5.82 Å². The minimum Gasteiger partial charge on any atom is -0.490 e. The monoisotopic (exact) mass is 330 g/mol. The summed E-state index contributed by atoms with van der Waals surface area (Å²) in [4.78, 5) is 4.77. The molecule has 1 aromatic carbocycles. The SMILES string of the molecule is CN1CCN(CCCOc2ccc(Br)cc2F)CC1. The lowest BCUT2D eigenvalue weighted by molar-refractivity contribution is 0.145. The van der Waals surface area contributed by atoms with Crippen LogP contribution in [0.15, 0.2) is 22.7 Å². The van der Waals surface area contributed by atoms with Gasteiger partial charge < -0.3 is 14.5 Å². The summed E-state index contributed by atoms with van der Waals surface area (Å²) in [5, 5.41) is 0. The molecule has 0 spiro atoms. The van der Waals surface area contributed by atoms with E-state index in [0.717, 1.165) is 43.6 Å². The van der Waals surface area contributed by atoms with Crippen LogP contribution in [0.1, 0.15) is 6.42 Å². The highest BCUT2D eigenvalue weighted by atomic mass is 79.9. The van der Waals surface area contributed by atoms with E-state index in [1.165, 1.54) is 6.07 Å². The quantitative estimate of drug-likeness (QED) is 0.772. The van der Waals surface area contributed by atoms with Gasteiger partial charge in [-0.1, -0.05) is 15.9 Å². The van der Waals surface area contributed by atoms with E-state index in [2.05, 4.69) is 32.8 Å². The summed E-state index contributed by atoms with van der Waals surface area (Å²) >= 11 is 3.23. The van der Waals surface area contributed by atoms with Gasteiger partial charge in [0.15, 0.2) is 11.6 Å². The Kier molecular flexibility index (Phi) is 5.60. The van der Waals surface area contributed by atoms with Crippen LogP contribution < -0.4 is 4.74 Å². The molecule has 0 aromatic heterocycles. The second-order valence-corrected chi connectivity index (χ2v) is 5.84. The lowest BCUT2D eigenvalue weighted by atomic mass is 10.3. The van der Waals surface area contributed by atoms with Crippen molar-refractivity contribution in [1.29, 1.82) is 0 Å². The van der Waals surface area contributed by atoms with Crippen molar-refractivity contribution in [1.82, 2.24) is 9.80 Å². The second-order valence-electron chi connectivity index (χ2n) is 4.92. The molecular weight excluding hydrogens is 311 g/mol. The van der Waals surface area contributed by atoms with Crippen molar-refractivity contribution in [2.24, 2.45) is 0 Å². The van der Waals surface area contributed by atoms with E-state index in [1.54, 1.807) is 12.1 Å². The molecule has 0 saturated carbocycles. The molecule has 0 N–H and O–H groups in total. The Morgan fingerprint density at radius 1 is 1.26 bits per heavy atom. The van der Waals surface area contributed by atoms with Crippen molar-refractivity contribution < 1.29 is 9.13 Å². The van der Waals surface area contributed by atoms with Crippen molar-refractivity contribution in [3.05, 3.63) is 28.5 Å². The van der Waals surface area contributed by atoms with Crippen molar-refractivity contribution in [3.63, 3.8) is 0 Å². The summed E-state index contributed by atoms with van der Waals surface area (Å²) in [6.45, 7) is 6.06. The third-order valence-electron chi connectivity index (χ3n) is 3.37. The van der Waals surface area contributed by atoms with E-state index in [0.29, 0.717) is 12.4 Å². The highest BCUT2D eigenvalue weighted by Gasteiger charge is 2.13. The fraction of sp³-hybridized carbons (Fsp3) is 0.571. The third kappa shape index (κ3) is 4.75. The Balaban J connectivity index is 1.66. The first kappa shape index (κ1) is 14.8. The van der Waals surface area contributed by atoms with E-state index in [4.69, 9.17) is 4.74 Å². The molecule has 1 fully saturated rings. The van der Waals surface area contributed by atoms with E-state index in [1.807, 2.05) is 0 Å². The van der Waals surface area contributed by atoms with Crippen LogP contribution in [0.3, 0.4) is 0 Å². The number of rotatable bonds is 5. The van der Waals surface area contributed by atoms with Gasteiger partial charge in [-0.2, -0.15) is 0 Å². The zero-order valence-corrected chi connectivity index (χ0v) is 12.8. The molecule has 0 atom stereocenters. The summed E-state index contributed by atoms with van der Waals surface area (Å²) in [6.07, 6.45) is 0.930. The van der Waals surface area contributed by atoms with Crippen LogP contribution in [-0.4, -0.2) is 56.2 Å². The van der Waals surface area contributed by atoms with E-state index < -0.39 is 0 Å². The molecule has 2 rings (SSSR count). The molecule has 5 heteroatoms. The number of benzene rings is 1. The number of hydrogen-bond donors (Lipinski definition) is 0. The molecule has 1 aliphatic heterocycles. The molecule has 0 aliphatic carbocycles. The fourth-order valence-corrected chi connectivity index (χ4v) is 2.47. The van der Waals surface area contributed by atoms with Crippen molar-refractivity contribution in [2.75, 3.05) is 46.4 Å². The maximum Gasteiger partial charge on any atom is 0.166 e. The topological polar surface area (TPSA) is 15.7 Å². The average molecular weight is 331 g/mol. The minimum absolute atomic E-state index is 0.311. The van der Waals surface area contributed by atoms with Crippen molar-refractivity contribution in [3.8, 4) is 5.75 Å². The predicted octanol–water partition coefficient (Wildman–Crippen LogP) is 2.60. The molecule has 0 bridgehead atoms. The van der Waals surface area contributed by atoms with Gasteiger partial charge in [0.05, 0.1) is 6.61 Å². The zero-order chi connectivity index (χ0) is 13.7. The van der Waals surface area contributed by atoms with E-state index in [9.17, 15) is 4.39 Å². The molecular formula is C14H20BrFN2O. The third-order valence-corrected chi connectivity index (χ3v) is 3.86. The Bertz CT molecular complexity index is 408. The van der Waals surface area contributed by atoms with Gasteiger partial charge in [-0.25, -0.2) is 4.39 Å². The van der Waals surface area contributed by atoms with E-state index in [-0.39, 0.29) is 5.82 Å². The first-order chi connectivity index (χ1) is 9.15. The molecule has 1 saturated heterocycles. The number of halogens is 2. The van der Waals surface area contributed by atoms with Crippen LogP contribution in [-0.2, 0) is 0 Å². The smallest absolute Gasteiger partial charge is 0.166 e.